The molecule has 0 radical (unpaired) electrons. The summed E-state index contributed by atoms with van der Waals surface area (Å²) in [6.45, 7) is 5.08. The van der Waals surface area contributed by atoms with Crippen molar-refractivity contribution in [1.82, 2.24) is 25.1 Å². The lowest BCUT2D eigenvalue weighted by atomic mass is 9.92. The topological polar surface area (TPSA) is 73.1 Å². The van der Waals surface area contributed by atoms with Crippen LogP contribution >= 0.6 is 0 Å². The van der Waals surface area contributed by atoms with Crippen molar-refractivity contribution in [3.8, 4) is 0 Å². The van der Waals surface area contributed by atoms with Gasteiger partial charge in [0.1, 0.15) is 5.82 Å². The highest BCUT2D eigenvalue weighted by Crippen LogP contribution is 2.35. The van der Waals surface area contributed by atoms with Gasteiger partial charge in [0.15, 0.2) is 0 Å². The van der Waals surface area contributed by atoms with Crippen molar-refractivity contribution in [1.29, 1.82) is 0 Å². The lowest BCUT2D eigenvalue weighted by Crippen LogP contribution is -2.33. The molecular formula is C14H23N5O2. The molecule has 1 amide bonds. The Balaban J connectivity index is 1.51. The van der Waals surface area contributed by atoms with Crippen molar-refractivity contribution in [2.45, 2.75) is 57.6 Å². The van der Waals surface area contributed by atoms with Crippen molar-refractivity contribution in [3.63, 3.8) is 0 Å². The van der Waals surface area contributed by atoms with Gasteiger partial charge < -0.3 is 9.64 Å². The van der Waals surface area contributed by atoms with Crippen LogP contribution in [0.5, 0.6) is 0 Å². The van der Waals surface area contributed by atoms with E-state index in [-0.39, 0.29) is 11.5 Å². The number of hydrogen-bond donors (Lipinski definition) is 0. The number of nitrogens with zero attached hydrogens (tertiary/aromatic N) is 5. The summed E-state index contributed by atoms with van der Waals surface area (Å²) in [6, 6.07) is 0. The van der Waals surface area contributed by atoms with Gasteiger partial charge in [-0.3, -0.25) is 4.79 Å². The Morgan fingerprint density at radius 2 is 2.19 bits per heavy atom. The minimum atomic E-state index is -0.0170. The van der Waals surface area contributed by atoms with Crippen LogP contribution in [0.4, 0.5) is 0 Å². The lowest BCUT2D eigenvalue weighted by molar-refractivity contribution is -0.130. The molecule has 116 valence electrons. The molecule has 0 aromatic carbocycles. The molecule has 3 heterocycles. The van der Waals surface area contributed by atoms with Crippen molar-refractivity contribution in [3.05, 3.63) is 5.82 Å². The smallest absolute Gasteiger partial charge is 0.222 e. The van der Waals surface area contributed by atoms with Crippen LogP contribution in [-0.4, -0.2) is 56.3 Å². The summed E-state index contributed by atoms with van der Waals surface area (Å²) in [6.07, 6.45) is 5.59. The number of amides is 1. The van der Waals surface area contributed by atoms with Crippen LogP contribution in [0, 0.1) is 6.92 Å². The molecule has 0 aliphatic carbocycles. The summed E-state index contributed by atoms with van der Waals surface area (Å²) in [5.41, 5.74) is -0.0170. The lowest BCUT2D eigenvalue weighted by Gasteiger charge is -2.26. The number of tetrazole rings is 1. The van der Waals surface area contributed by atoms with Crippen LogP contribution in [0.25, 0.3) is 0 Å². The van der Waals surface area contributed by atoms with Gasteiger partial charge in [0.2, 0.25) is 5.91 Å². The second kappa shape index (κ2) is 6.09. The van der Waals surface area contributed by atoms with Crippen LogP contribution in [0.1, 0.15) is 44.3 Å². The molecule has 1 spiro atoms. The normalized spacial score (nSPS) is 26.5. The Morgan fingerprint density at radius 1 is 1.29 bits per heavy atom. The monoisotopic (exact) mass is 293 g/mol. The first-order chi connectivity index (χ1) is 10.2. The molecule has 1 atom stereocenters. The molecule has 1 aromatic rings. The van der Waals surface area contributed by atoms with Gasteiger partial charge in [-0.25, -0.2) is 4.68 Å². The Bertz CT molecular complexity index is 495. The Labute approximate surface area is 124 Å². The Hall–Kier alpha value is -1.50. The van der Waals surface area contributed by atoms with Crippen molar-refractivity contribution in [2.75, 3.05) is 19.7 Å². The van der Waals surface area contributed by atoms with E-state index in [1.165, 1.54) is 0 Å². The predicted octanol–water partition coefficient (Wildman–Crippen LogP) is 0.933. The van der Waals surface area contributed by atoms with Crippen LogP contribution in [-0.2, 0) is 16.1 Å². The van der Waals surface area contributed by atoms with E-state index in [2.05, 4.69) is 15.5 Å². The van der Waals surface area contributed by atoms with Gasteiger partial charge in [-0.1, -0.05) is 0 Å². The standard InChI is InChI=1S/C14H23N5O2/c1-12-15-16-17-19(12)9-3-8-18-10-7-14(5-2-11-21-14)6-4-13(18)20/h2-11H2,1H3/t14-/m1/s1. The Kier molecular flexibility index (Phi) is 4.19. The molecule has 3 rings (SSSR count). The summed E-state index contributed by atoms with van der Waals surface area (Å²) in [7, 11) is 0. The maximum Gasteiger partial charge on any atom is 0.222 e. The summed E-state index contributed by atoms with van der Waals surface area (Å²) in [5, 5.41) is 11.4. The van der Waals surface area contributed by atoms with Gasteiger partial charge in [-0.2, -0.15) is 0 Å². The number of aryl methyl sites for hydroxylation is 2. The first-order valence-electron chi connectivity index (χ1n) is 7.83. The minimum Gasteiger partial charge on any atom is -0.375 e. The molecule has 0 saturated carbocycles. The molecule has 2 aliphatic rings. The fraction of sp³-hybridized carbons (Fsp3) is 0.857. The maximum atomic E-state index is 12.2. The third kappa shape index (κ3) is 3.23. The molecule has 7 nitrogen and oxygen atoms in total. The van der Waals surface area contributed by atoms with Crippen molar-refractivity contribution >= 4 is 5.91 Å². The number of carbonyl (C=O) groups excluding carboxylic acids is 1. The number of hydrogen-bond acceptors (Lipinski definition) is 5. The van der Waals surface area contributed by atoms with Crippen LogP contribution in [0.2, 0.25) is 0 Å². The second-order valence-corrected chi connectivity index (χ2v) is 6.07. The van der Waals surface area contributed by atoms with Crippen LogP contribution in [0.3, 0.4) is 0 Å². The zero-order valence-corrected chi connectivity index (χ0v) is 12.6. The predicted molar refractivity (Wildman–Crippen MR) is 75.5 cm³/mol. The minimum absolute atomic E-state index is 0.0170. The first kappa shape index (κ1) is 14.4. The molecule has 21 heavy (non-hydrogen) atoms. The van der Waals surface area contributed by atoms with E-state index in [1.54, 1.807) is 4.68 Å². The van der Waals surface area contributed by atoms with Crippen LogP contribution in [0.15, 0.2) is 0 Å². The molecule has 7 heteroatoms. The summed E-state index contributed by atoms with van der Waals surface area (Å²) in [5.74, 6) is 1.08. The fourth-order valence-electron chi connectivity index (χ4n) is 3.33. The van der Waals surface area contributed by atoms with Gasteiger partial charge in [-0.15, -0.1) is 5.10 Å². The van der Waals surface area contributed by atoms with Crippen LogP contribution < -0.4 is 0 Å². The van der Waals surface area contributed by atoms with Crippen molar-refractivity contribution < 1.29 is 9.53 Å². The van der Waals surface area contributed by atoms with Gasteiger partial charge in [0.25, 0.3) is 0 Å². The maximum absolute atomic E-state index is 12.2. The highest BCUT2D eigenvalue weighted by molar-refractivity contribution is 5.76. The average molecular weight is 293 g/mol. The largest absolute Gasteiger partial charge is 0.375 e. The van der Waals surface area contributed by atoms with E-state index in [0.717, 1.165) is 64.2 Å². The zero-order chi connectivity index (χ0) is 14.7. The fourth-order valence-corrected chi connectivity index (χ4v) is 3.33. The van der Waals surface area contributed by atoms with E-state index in [9.17, 15) is 4.79 Å². The third-order valence-electron chi connectivity index (χ3n) is 4.68. The van der Waals surface area contributed by atoms with Crippen molar-refractivity contribution in [2.24, 2.45) is 0 Å². The SMILES string of the molecule is Cc1nnnn1CCCN1CC[C@@]2(CCCO2)CCC1=O. The molecule has 2 saturated heterocycles. The van der Waals surface area contributed by atoms with E-state index in [1.807, 2.05) is 11.8 Å². The number of rotatable bonds is 4. The molecule has 0 N–H and O–H groups in total. The highest BCUT2D eigenvalue weighted by atomic mass is 16.5. The number of carbonyl (C=O) groups is 1. The molecular weight excluding hydrogens is 270 g/mol. The second-order valence-electron chi connectivity index (χ2n) is 6.07. The average Bonchev–Trinajstić information content (AvgIpc) is 3.06. The summed E-state index contributed by atoms with van der Waals surface area (Å²) in [4.78, 5) is 14.2. The van der Waals surface area contributed by atoms with Gasteiger partial charge in [0.05, 0.1) is 5.60 Å². The van der Waals surface area contributed by atoms with Gasteiger partial charge in [-0.05, 0) is 49.5 Å². The van der Waals surface area contributed by atoms with E-state index in [4.69, 9.17) is 4.74 Å². The molecule has 2 fully saturated rings. The number of likely N-dealkylation sites (tertiary alicyclic amines) is 1. The number of ether oxygens (including phenoxy) is 1. The Morgan fingerprint density at radius 3 is 2.90 bits per heavy atom. The molecule has 0 bridgehead atoms. The van der Waals surface area contributed by atoms with Gasteiger partial charge >= 0.3 is 0 Å². The quantitative estimate of drug-likeness (QED) is 0.826. The highest BCUT2D eigenvalue weighted by Gasteiger charge is 2.38. The first-order valence-corrected chi connectivity index (χ1v) is 7.83. The molecule has 2 aliphatic heterocycles. The summed E-state index contributed by atoms with van der Waals surface area (Å²) < 4.78 is 7.71. The van der Waals surface area contributed by atoms with E-state index in [0.29, 0.717) is 6.42 Å². The van der Waals surface area contributed by atoms with Gasteiger partial charge in [0, 0.05) is 32.7 Å². The number of aromatic nitrogens is 4. The van der Waals surface area contributed by atoms with E-state index < -0.39 is 0 Å². The van der Waals surface area contributed by atoms with E-state index >= 15 is 0 Å². The zero-order valence-electron chi connectivity index (χ0n) is 12.6. The molecule has 1 aromatic heterocycles. The third-order valence-corrected chi connectivity index (χ3v) is 4.68. The summed E-state index contributed by atoms with van der Waals surface area (Å²) >= 11 is 0. The molecule has 0 unspecified atom stereocenters.